The molecule has 2 aromatic heterocycles. The van der Waals surface area contributed by atoms with E-state index < -0.39 is 6.04 Å². The summed E-state index contributed by atoms with van der Waals surface area (Å²) in [5, 5.41) is 6.82. The van der Waals surface area contributed by atoms with Crippen LogP contribution in [0.25, 0.3) is 10.9 Å². The number of amides is 1. The summed E-state index contributed by atoms with van der Waals surface area (Å²) in [7, 11) is 0. The van der Waals surface area contributed by atoms with Gasteiger partial charge < -0.3 is 15.1 Å². The van der Waals surface area contributed by atoms with Crippen LogP contribution in [0.2, 0.25) is 0 Å². The Hall–Kier alpha value is -2.89. The maximum atomic E-state index is 12.1. The van der Waals surface area contributed by atoms with Crippen LogP contribution in [0.3, 0.4) is 0 Å². The fourth-order valence-corrected chi connectivity index (χ4v) is 2.13. The molecule has 6 heteroatoms. The van der Waals surface area contributed by atoms with E-state index in [0.717, 1.165) is 10.9 Å². The summed E-state index contributed by atoms with van der Waals surface area (Å²) in [5.74, 6) is 1.23. The van der Waals surface area contributed by atoms with Gasteiger partial charge in [0.05, 0.1) is 18.3 Å². The number of carbonyl (C=O) groups is 1. The van der Waals surface area contributed by atoms with Gasteiger partial charge in [0.25, 0.3) is 0 Å². The van der Waals surface area contributed by atoms with Crippen molar-refractivity contribution < 1.29 is 9.21 Å². The van der Waals surface area contributed by atoms with Crippen LogP contribution >= 0.6 is 0 Å². The fourth-order valence-electron chi connectivity index (χ4n) is 2.13. The second kappa shape index (κ2) is 6.26. The van der Waals surface area contributed by atoms with Crippen molar-refractivity contribution in [2.45, 2.75) is 19.5 Å². The number of para-hydroxylation sites is 1. The second-order valence-electron chi connectivity index (χ2n) is 4.90. The zero-order valence-electron chi connectivity index (χ0n) is 12.1. The van der Waals surface area contributed by atoms with Crippen molar-refractivity contribution in [2.24, 2.45) is 0 Å². The van der Waals surface area contributed by atoms with Gasteiger partial charge >= 0.3 is 0 Å². The van der Waals surface area contributed by atoms with Gasteiger partial charge in [-0.1, -0.05) is 12.1 Å². The van der Waals surface area contributed by atoms with Crippen molar-refractivity contribution in [1.29, 1.82) is 0 Å². The molecule has 0 radical (unpaired) electrons. The molecule has 0 saturated carbocycles. The van der Waals surface area contributed by atoms with Crippen LogP contribution in [0.1, 0.15) is 12.7 Å². The number of carbonyl (C=O) groups excluding carboxylic acids is 1. The minimum absolute atomic E-state index is 0.126. The van der Waals surface area contributed by atoms with Crippen LogP contribution in [-0.4, -0.2) is 21.9 Å². The third kappa shape index (κ3) is 3.06. The van der Waals surface area contributed by atoms with Gasteiger partial charge in [-0.15, -0.1) is 0 Å². The highest BCUT2D eigenvalue weighted by Crippen LogP contribution is 2.18. The predicted molar refractivity (Wildman–Crippen MR) is 83.2 cm³/mol. The lowest BCUT2D eigenvalue weighted by molar-refractivity contribution is -0.121. The molecule has 0 aliphatic rings. The molecule has 2 N–H and O–H groups in total. The Morgan fingerprint density at radius 3 is 2.91 bits per heavy atom. The van der Waals surface area contributed by atoms with E-state index >= 15 is 0 Å². The third-order valence-electron chi connectivity index (χ3n) is 3.31. The van der Waals surface area contributed by atoms with Gasteiger partial charge in [-0.05, 0) is 31.2 Å². The standard InChI is InChI=1S/C16H16N4O2/c1-11(16(21)17-9-12-5-4-8-22-12)20-15-13-6-2-3-7-14(13)18-10-19-15/h2-8,10-11H,9H2,1H3,(H,17,21)(H,18,19,20). The lowest BCUT2D eigenvalue weighted by atomic mass is 10.2. The lowest BCUT2D eigenvalue weighted by Gasteiger charge is -2.15. The second-order valence-corrected chi connectivity index (χ2v) is 4.90. The maximum absolute atomic E-state index is 12.1. The SMILES string of the molecule is CC(Nc1ncnc2ccccc12)C(=O)NCc1ccco1. The summed E-state index contributed by atoms with van der Waals surface area (Å²) in [6.07, 6.45) is 3.06. The normalized spacial score (nSPS) is 12.0. The van der Waals surface area contributed by atoms with Crippen LogP contribution in [0.5, 0.6) is 0 Å². The Morgan fingerprint density at radius 1 is 1.23 bits per heavy atom. The number of fused-ring (bicyclic) bond motifs is 1. The number of aromatic nitrogens is 2. The Bertz CT molecular complexity index is 765. The molecule has 1 unspecified atom stereocenters. The third-order valence-corrected chi connectivity index (χ3v) is 3.31. The van der Waals surface area contributed by atoms with Crippen LogP contribution in [0.15, 0.2) is 53.4 Å². The molecule has 6 nitrogen and oxygen atoms in total. The molecular weight excluding hydrogens is 280 g/mol. The van der Waals surface area contributed by atoms with E-state index in [2.05, 4.69) is 20.6 Å². The minimum Gasteiger partial charge on any atom is -0.467 e. The number of rotatable bonds is 5. The van der Waals surface area contributed by atoms with Gasteiger partial charge in [-0.3, -0.25) is 4.79 Å². The fraction of sp³-hybridized carbons (Fsp3) is 0.188. The largest absolute Gasteiger partial charge is 0.467 e. The van der Waals surface area contributed by atoms with Crippen molar-refractivity contribution in [3.05, 3.63) is 54.7 Å². The van der Waals surface area contributed by atoms with E-state index in [4.69, 9.17) is 4.42 Å². The number of hydrogen-bond donors (Lipinski definition) is 2. The zero-order chi connectivity index (χ0) is 15.4. The Morgan fingerprint density at radius 2 is 2.09 bits per heavy atom. The highest BCUT2D eigenvalue weighted by molar-refractivity contribution is 5.91. The van der Waals surface area contributed by atoms with E-state index in [1.54, 1.807) is 19.3 Å². The molecule has 22 heavy (non-hydrogen) atoms. The summed E-state index contributed by atoms with van der Waals surface area (Å²) in [5.41, 5.74) is 0.836. The first-order valence-electron chi connectivity index (χ1n) is 7.00. The van der Waals surface area contributed by atoms with Gasteiger partial charge in [0.15, 0.2) is 0 Å². The number of benzene rings is 1. The Kier molecular flexibility index (Phi) is 4.00. The summed E-state index contributed by atoms with van der Waals surface area (Å²) in [4.78, 5) is 20.5. The average Bonchev–Trinajstić information content (AvgIpc) is 3.06. The van der Waals surface area contributed by atoms with E-state index in [-0.39, 0.29) is 5.91 Å². The molecular formula is C16H16N4O2. The van der Waals surface area contributed by atoms with E-state index in [9.17, 15) is 4.79 Å². The number of anilines is 1. The first kappa shape index (κ1) is 14.1. The minimum atomic E-state index is -0.423. The van der Waals surface area contributed by atoms with Gasteiger partial charge in [0.1, 0.15) is 23.9 Å². The van der Waals surface area contributed by atoms with E-state index in [1.807, 2.05) is 30.3 Å². The quantitative estimate of drug-likeness (QED) is 0.755. The first-order chi connectivity index (χ1) is 10.7. The number of nitrogens with one attached hydrogen (secondary N) is 2. The molecule has 1 amide bonds. The summed E-state index contributed by atoms with van der Waals surface area (Å²) in [6.45, 7) is 2.15. The van der Waals surface area contributed by atoms with Crippen molar-refractivity contribution >= 4 is 22.6 Å². The molecule has 1 aromatic carbocycles. The number of furan rings is 1. The summed E-state index contributed by atoms with van der Waals surface area (Å²) >= 11 is 0. The highest BCUT2D eigenvalue weighted by atomic mass is 16.3. The molecule has 2 heterocycles. The molecule has 0 spiro atoms. The molecule has 3 rings (SSSR count). The van der Waals surface area contributed by atoms with Crippen molar-refractivity contribution in [1.82, 2.24) is 15.3 Å². The van der Waals surface area contributed by atoms with Crippen molar-refractivity contribution in [2.75, 3.05) is 5.32 Å². The van der Waals surface area contributed by atoms with E-state index in [1.165, 1.54) is 6.33 Å². The van der Waals surface area contributed by atoms with Gasteiger partial charge in [0.2, 0.25) is 5.91 Å². The molecule has 0 fully saturated rings. The molecule has 0 bridgehead atoms. The van der Waals surface area contributed by atoms with E-state index in [0.29, 0.717) is 18.1 Å². The molecule has 112 valence electrons. The monoisotopic (exact) mass is 296 g/mol. The smallest absolute Gasteiger partial charge is 0.242 e. The Labute approximate surface area is 127 Å². The molecule has 0 aliphatic carbocycles. The molecule has 0 saturated heterocycles. The molecule has 3 aromatic rings. The first-order valence-corrected chi connectivity index (χ1v) is 7.00. The lowest BCUT2D eigenvalue weighted by Crippen LogP contribution is -2.37. The van der Waals surface area contributed by atoms with Gasteiger partial charge in [0, 0.05) is 5.39 Å². The highest BCUT2D eigenvalue weighted by Gasteiger charge is 2.14. The van der Waals surface area contributed by atoms with Crippen molar-refractivity contribution in [3.8, 4) is 0 Å². The van der Waals surface area contributed by atoms with Gasteiger partial charge in [-0.25, -0.2) is 9.97 Å². The Balaban J connectivity index is 1.67. The van der Waals surface area contributed by atoms with Crippen LogP contribution in [-0.2, 0) is 11.3 Å². The van der Waals surface area contributed by atoms with Gasteiger partial charge in [-0.2, -0.15) is 0 Å². The van der Waals surface area contributed by atoms with Crippen LogP contribution in [0, 0.1) is 0 Å². The predicted octanol–water partition coefficient (Wildman–Crippen LogP) is 2.34. The maximum Gasteiger partial charge on any atom is 0.242 e. The molecule has 1 atom stereocenters. The topological polar surface area (TPSA) is 80.0 Å². The molecule has 0 aliphatic heterocycles. The summed E-state index contributed by atoms with van der Waals surface area (Å²) < 4.78 is 5.18. The van der Waals surface area contributed by atoms with Crippen LogP contribution in [0.4, 0.5) is 5.82 Å². The van der Waals surface area contributed by atoms with Crippen LogP contribution < -0.4 is 10.6 Å². The van der Waals surface area contributed by atoms with Crippen molar-refractivity contribution in [3.63, 3.8) is 0 Å². The number of nitrogens with zero attached hydrogens (tertiary/aromatic N) is 2. The zero-order valence-corrected chi connectivity index (χ0v) is 12.1. The average molecular weight is 296 g/mol. The summed E-state index contributed by atoms with van der Waals surface area (Å²) in [6, 6.07) is 10.8. The number of hydrogen-bond acceptors (Lipinski definition) is 5.